The normalized spacial score (nSPS) is 9.79. The number of ketones is 1. The first-order chi connectivity index (χ1) is 8.86. The first-order valence-corrected chi connectivity index (χ1v) is 5.24. The summed E-state index contributed by atoms with van der Waals surface area (Å²) in [5, 5.41) is 8.55. The highest BCUT2D eigenvalue weighted by atomic mass is 16.5. The number of methoxy groups -OCH3 is 1. The molecule has 6 nitrogen and oxygen atoms in total. The Morgan fingerprint density at radius 1 is 1.32 bits per heavy atom. The molecule has 19 heavy (non-hydrogen) atoms. The molecule has 0 bridgehead atoms. The Bertz CT molecular complexity index is 537. The van der Waals surface area contributed by atoms with Gasteiger partial charge in [-0.25, -0.2) is 9.59 Å². The minimum atomic E-state index is -1.20. The largest absolute Gasteiger partial charge is 0.482 e. The Balaban J connectivity index is 3.26. The number of carboxylic acids is 1. The van der Waals surface area contributed by atoms with Crippen LogP contribution in [0, 0.1) is 0 Å². The van der Waals surface area contributed by atoms with E-state index < -0.39 is 24.3 Å². The number of benzene rings is 1. The van der Waals surface area contributed by atoms with E-state index in [4.69, 9.17) is 17.7 Å². The molecule has 0 atom stereocenters. The van der Waals surface area contributed by atoms with Crippen LogP contribution < -0.4 is 10.2 Å². The van der Waals surface area contributed by atoms with Crippen molar-refractivity contribution in [1.29, 1.82) is 0 Å². The van der Waals surface area contributed by atoms with Crippen molar-refractivity contribution < 1.29 is 29.0 Å². The second kappa shape index (κ2) is 6.04. The average molecular weight is 262 g/mol. The standard InChI is InChI=1S/C12H11BO6/c1-6(14)8-3-7(12(17)18-2)4-9(13)11(8)19-5-10(15)16/h3-4H,5H2,1-2H3,(H,15,16). The van der Waals surface area contributed by atoms with E-state index in [1.807, 2.05) is 0 Å². The van der Waals surface area contributed by atoms with Crippen LogP contribution in [-0.4, -0.2) is 44.4 Å². The minimum absolute atomic E-state index is 0.00523. The van der Waals surface area contributed by atoms with Crippen LogP contribution in [0.1, 0.15) is 27.6 Å². The maximum absolute atomic E-state index is 11.5. The van der Waals surface area contributed by atoms with E-state index in [0.29, 0.717) is 0 Å². The summed E-state index contributed by atoms with van der Waals surface area (Å²) in [6, 6.07) is 2.51. The molecule has 0 saturated carbocycles. The maximum atomic E-state index is 11.5. The van der Waals surface area contributed by atoms with Crippen molar-refractivity contribution in [3.05, 3.63) is 23.3 Å². The SMILES string of the molecule is [B]c1cc(C(=O)OC)cc(C(C)=O)c1OCC(=O)O. The van der Waals surface area contributed by atoms with Crippen molar-refractivity contribution in [3.8, 4) is 5.75 Å². The van der Waals surface area contributed by atoms with Crippen LogP contribution in [0.3, 0.4) is 0 Å². The predicted molar refractivity (Wildman–Crippen MR) is 66.3 cm³/mol. The molecule has 1 N–H and O–H groups in total. The van der Waals surface area contributed by atoms with Crippen LogP contribution in [0.15, 0.2) is 12.1 Å². The average Bonchev–Trinajstić information content (AvgIpc) is 2.35. The number of hydrogen-bond acceptors (Lipinski definition) is 5. The van der Waals surface area contributed by atoms with Crippen molar-refractivity contribution in [2.45, 2.75) is 6.92 Å². The summed E-state index contributed by atoms with van der Waals surface area (Å²) < 4.78 is 9.48. The van der Waals surface area contributed by atoms with Gasteiger partial charge in [0.25, 0.3) is 0 Å². The maximum Gasteiger partial charge on any atom is 0.341 e. The molecule has 0 aromatic heterocycles. The third kappa shape index (κ3) is 3.57. The molecule has 0 unspecified atom stereocenters. The molecule has 1 aromatic rings. The molecule has 1 rings (SSSR count). The molecule has 0 saturated heterocycles. The molecule has 0 fully saturated rings. The summed E-state index contributed by atoms with van der Waals surface area (Å²) in [7, 11) is 6.86. The summed E-state index contributed by atoms with van der Waals surface area (Å²) >= 11 is 0. The van der Waals surface area contributed by atoms with Crippen LogP contribution in [0.25, 0.3) is 0 Å². The summed E-state index contributed by atoms with van der Waals surface area (Å²) in [6.07, 6.45) is 0. The Morgan fingerprint density at radius 3 is 2.42 bits per heavy atom. The quantitative estimate of drug-likeness (QED) is 0.454. The number of rotatable bonds is 5. The second-order valence-electron chi connectivity index (χ2n) is 3.67. The number of carbonyl (C=O) groups excluding carboxylic acids is 2. The van der Waals surface area contributed by atoms with Gasteiger partial charge in [0.2, 0.25) is 0 Å². The fraction of sp³-hybridized carbons (Fsp3) is 0.250. The number of hydrogen-bond donors (Lipinski definition) is 1. The summed E-state index contributed by atoms with van der Waals surface area (Å²) in [5.41, 5.74) is 0.115. The van der Waals surface area contributed by atoms with Gasteiger partial charge in [-0.1, -0.05) is 11.5 Å². The molecule has 0 heterocycles. The summed E-state index contributed by atoms with van der Waals surface area (Å²) in [5.74, 6) is -2.31. The summed E-state index contributed by atoms with van der Waals surface area (Å²) in [6.45, 7) is 0.617. The lowest BCUT2D eigenvalue weighted by molar-refractivity contribution is -0.139. The van der Waals surface area contributed by atoms with E-state index in [2.05, 4.69) is 4.74 Å². The summed E-state index contributed by atoms with van der Waals surface area (Å²) in [4.78, 5) is 33.3. The molecule has 0 aliphatic rings. The van der Waals surface area contributed by atoms with Crippen molar-refractivity contribution >= 4 is 31.0 Å². The highest BCUT2D eigenvalue weighted by molar-refractivity contribution is 6.35. The molecular formula is C12H11BO6. The van der Waals surface area contributed by atoms with Gasteiger partial charge in [-0.15, -0.1) is 0 Å². The topological polar surface area (TPSA) is 89.9 Å². The number of ether oxygens (including phenoxy) is 2. The van der Waals surface area contributed by atoms with Gasteiger partial charge in [-0.2, -0.15) is 0 Å². The zero-order chi connectivity index (χ0) is 14.6. The predicted octanol–water partition coefficient (Wildman–Crippen LogP) is -0.0670. The number of Topliss-reactive ketones (excluding diaryl/α,β-unsaturated/α-hetero) is 1. The van der Waals surface area contributed by atoms with Crippen molar-refractivity contribution in [3.63, 3.8) is 0 Å². The monoisotopic (exact) mass is 262 g/mol. The van der Waals surface area contributed by atoms with Crippen molar-refractivity contribution in [1.82, 2.24) is 0 Å². The highest BCUT2D eigenvalue weighted by Crippen LogP contribution is 2.19. The van der Waals surface area contributed by atoms with Gasteiger partial charge >= 0.3 is 11.9 Å². The van der Waals surface area contributed by atoms with Crippen LogP contribution in [-0.2, 0) is 9.53 Å². The fourth-order valence-corrected chi connectivity index (χ4v) is 1.44. The Kier molecular flexibility index (Phi) is 4.69. The lowest BCUT2D eigenvalue weighted by Crippen LogP contribution is -2.20. The molecule has 0 amide bonds. The van der Waals surface area contributed by atoms with Crippen LogP contribution in [0.2, 0.25) is 0 Å². The fourth-order valence-electron chi connectivity index (χ4n) is 1.44. The molecular weight excluding hydrogens is 251 g/mol. The van der Waals surface area contributed by atoms with Gasteiger partial charge in [-0.3, -0.25) is 4.79 Å². The van der Waals surface area contributed by atoms with E-state index in [-0.39, 0.29) is 22.3 Å². The van der Waals surface area contributed by atoms with Crippen molar-refractivity contribution in [2.75, 3.05) is 13.7 Å². The number of aliphatic carboxylic acids is 1. The zero-order valence-corrected chi connectivity index (χ0v) is 10.4. The first kappa shape index (κ1) is 14.8. The van der Waals surface area contributed by atoms with E-state index >= 15 is 0 Å². The van der Waals surface area contributed by atoms with Gasteiger partial charge in [0, 0.05) is 0 Å². The van der Waals surface area contributed by atoms with Gasteiger partial charge in [0.15, 0.2) is 12.4 Å². The molecule has 2 radical (unpaired) electrons. The molecule has 7 heteroatoms. The first-order valence-electron chi connectivity index (χ1n) is 5.24. The second-order valence-corrected chi connectivity index (χ2v) is 3.67. The van der Waals surface area contributed by atoms with E-state index in [9.17, 15) is 14.4 Å². The molecule has 0 aliphatic heterocycles. The smallest absolute Gasteiger partial charge is 0.341 e. The molecule has 1 aromatic carbocycles. The molecule has 0 aliphatic carbocycles. The van der Waals surface area contributed by atoms with Gasteiger partial charge in [-0.05, 0) is 13.0 Å². The van der Waals surface area contributed by atoms with Gasteiger partial charge < -0.3 is 14.6 Å². The van der Waals surface area contributed by atoms with Crippen LogP contribution in [0.5, 0.6) is 5.75 Å². The van der Waals surface area contributed by atoms with E-state index in [1.54, 1.807) is 0 Å². The highest BCUT2D eigenvalue weighted by Gasteiger charge is 2.17. The van der Waals surface area contributed by atoms with Crippen molar-refractivity contribution in [2.24, 2.45) is 0 Å². The zero-order valence-electron chi connectivity index (χ0n) is 10.4. The molecule has 98 valence electrons. The van der Waals surface area contributed by atoms with E-state index in [1.165, 1.54) is 26.2 Å². The number of carbonyl (C=O) groups is 3. The Hall–Kier alpha value is -2.31. The Morgan fingerprint density at radius 2 is 1.95 bits per heavy atom. The number of carboxylic acid groups (broad SMARTS) is 1. The number of esters is 1. The van der Waals surface area contributed by atoms with Crippen LogP contribution >= 0.6 is 0 Å². The van der Waals surface area contributed by atoms with Gasteiger partial charge in [0.1, 0.15) is 13.6 Å². The lowest BCUT2D eigenvalue weighted by Gasteiger charge is -2.13. The van der Waals surface area contributed by atoms with E-state index in [0.717, 1.165) is 0 Å². The Labute approximate surface area is 110 Å². The minimum Gasteiger partial charge on any atom is -0.482 e. The van der Waals surface area contributed by atoms with Crippen LogP contribution in [0.4, 0.5) is 0 Å². The van der Waals surface area contributed by atoms with Gasteiger partial charge in [0.05, 0.1) is 18.2 Å². The molecule has 0 spiro atoms. The third-order valence-electron chi connectivity index (χ3n) is 2.26. The third-order valence-corrected chi connectivity index (χ3v) is 2.26. The lowest BCUT2D eigenvalue weighted by atomic mass is 9.89.